The molecule has 0 saturated carbocycles. The summed E-state index contributed by atoms with van der Waals surface area (Å²) < 4.78 is 0. The zero-order chi connectivity index (χ0) is 14.7. The Morgan fingerprint density at radius 2 is 1.90 bits per heavy atom. The Morgan fingerprint density at radius 1 is 1.25 bits per heavy atom. The third-order valence-electron chi connectivity index (χ3n) is 3.51. The summed E-state index contributed by atoms with van der Waals surface area (Å²) >= 11 is 6.01. The molecule has 1 N–H and O–H groups in total. The summed E-state index contributed by atoms with van der Waals surface area (Å²) in [6, 6.07) is 6.34. The summed E-state index contributed by atoms with van der Waals surface area (Å²) in [5, 5.41) is 3.20. The van der Waals surface area contributed by atoms with Crippen molar-refractivity contribution in [2.24, 2.45) is 5.92 Å². The smallest absolute Gasteiger partial charge is 0.253 e. The van der Waals surface area contributed by atoms with E-state index < -0.39 is 6.04 Å². The van der Waals surface area contributed by atoms with Crippen LogP contribution in [0.3, 0.4) is 0 Å². The lowest BCUT2D eigenvalue weighted by Gasteiger charge is -2.35. The molecule has 0 bridgehead atoms. The number of hydrogen-bond acceptors (Lipinski definition) is 2. The number of carbonyl (C=O) groups excluding carboxylic acids is 2. The molecule has 0 aliphatic carbocycles. The average molecular weight is 295 g/mol. The van der Waals surface area contributed by atoms with E-state index in [1.807, 2.05) is 13.8 Å². The van der Waals surface area contributed by atoms with Gasteiger partial charge in [0.05, 0.1) is 10.6 Å². The normalized spacial score (nSPS) is 15.7. The topological polar surface area (TPSA) is 49.4 Å². The predicted molar refractivity (Wildman–Crippen MR) is 78.7 cm³/mol. The third kappa shape index (κ3) is 3.12. The molecule has 0 radical (unpaired) electrons. The van der Waals surface area contributed by atoms with Crippen LogP contribution in [-0.2, 0) is 4.79 Å². The van der Waals surface area contributed by atoms with Crippen LogP contribution < -0.4 is 5.32 Å². The minimum Gasteiger partial charge on any atom is -0.341 e. The van der Waals surface area contributed by atoms with E-state index in [9.17, 15) is 9.59 Å². The SMILES string of the molecule is CC(C)C(NC(=O)c1ccccc1Cl)C(=O)N1CCC1. The molecule has 5 heteroatoms. The first kappa shape index (κ1) is 14.9. The molecule has 0 spiro atoms. The van der Waals surface area contributed by atoms with Gasteiger partial charge in [-0.2, -0.15) is 0 Å². The number of amides is 2. The lowest BCUT2D eigenvalue weighted by molar-refractivity contribution is -0.137. The Bertz CT molecular complexity index is 512. The van der Waals surface area contributed by atoms with Crippen molar-refractivity contribution in [2.45, 2.75) is 26.3 Å². The molecule has 1 aromatic carbocycles. The van der Waals surface area contributed by atoms with Crippen molar-refractivity contribution < 1.29 is 9.59 Å². The average Bonchev–Trinajstić information content (AvgIpc) is 2.33. The van der Waals surface area contributed by atoms with Gasteiger partial charge in [-0.05, 0) is 24.5 Å². The van der Waals surface area contributed by atoms with Crippen molar-refractivity contribution >= 4 is 23.4 Å². The van der Waals surface area contributed by atoms with Crippen LogP contribution in [0.15, 0.2) is 24.3 Å². The number of hydrogen-bond donors (Lipinski definition) is 1. The number of nitrogens with zero attached hydrogens (tertiary/aromatic N) is 1. The molecular formula is C15H19ClN2O2. The zero-order valence-electron chi connectivity index (χ0n) is 11.7. The largest absolute Gasteiger partial charge is 0.341 e. The molecule has 1 heterocycles. The van der Waals surface area contributed by atoms with E-state index in [2.05, 4.69) is 5.32 Å². The van der Waals surface area contributed by atoms with Crippen molar-refractivity contribution in [2.75, 3.05) is 13.1 Å². The van der Waals surface area contributed by atoms with Gasteiger partial charge in [-0.15, -0.1) is 0 Å². The van der Waals surface area contributed by atoms with Gasteiger partial charge in [0.2, 0.25) is 5.91 Å². The quantitative estimate of drug-likeness (QED) is 0.926. The number of nitrogens with one attached hydrogen (secondary N) is 1. The monoisotopic (exact) mass is 294 g/mol. The van der Waals surface area contributed by atoms with Crippen LogP contribution in [-0.4, -0.2) is 35.8 Å². The molecule has 1 aromatic rings. The second kappa shape index (κ2) is 6.27. The van der Waals surface area contributed by atoms with Gasteiger partial charge in [0.1, 0.15) is 6.04 Å². The van der Waals surface area contributed by atoms with Crippen molar-refractivity contribution in [1.82, 2.24) is 10.2 Å². The second-order valence-electron chi connectivity index (χ2n) is 5.35. The minimum atomic E-state index is -0.501. The standard InChI is InChI=1S/C15H19ClN2O2/c1-10(2)13(15(20)18-8-5-9-18)17-14(19)11-6-3-4-7-12(11)16/h3-4,6-7,10,13H,5,8-9H2,1-2H3,(H,17,19). The Hall–Kier alpha value is -1.55. The van der Waals surface area contributed by atoms with Crippen LogP contribution in [0.5, 0.6) is 0 Å². The molecule has 2 rings (SSSR count). The highest BCUT2D eigenvalue weighted by Crippen LogP contribution is 2.17. The van der Waals surface area contributed by atoms with Gasteiger partial charge in [0, 0.05) is 13.1 Å². The number of carbonyl (C=O) groups is 2. The fourth-order valence-electron chi connectivity index (χ4n) is 2.11. The van der Waals surface area contributed by atoms with Gasteiger partial charge in [-0.1, -0.05) is 37.6 Å². The van der Waals surface area contributed by atoms with E-state index in [0.29, 0.717) is 10.6 Å². The van der Waals surface area contributed by atoms with Gasteiger partial charge in [-0.25, -0.2) is 0 Å². The molecule has 0 aromatic heterocycles. The number of rotatable bonds is 4. The lowest BCUT2D eigenvalue weighted by atomic mass is 10.0. The van der Waals surface area contributed by atoms with E-state index in [4.69, 9.17) is 11.6 Å². The van der Waals surface area contributed by atoms with E-state index in [-0.39, 0.29) is 17.7 Å². The first-order valence-electron chi connectivity index (χ1n) is 6.85. The summed E-state index contributed by atoms with van der Waals surface area (Å²) in [7, 11) is 0. The van der Waals surface area contributed by atoms with Crippen LogP contribution in [0, 0.1) is 5.92 Å². The molecule has 1 fully saturated rings. The molecule has 1 aliphatic rings. The van der Waals surface area contributed by atoms with Crippen molar-refractivity contribution in [1.29, 1.82) is 0 Å². The lowest BCUT2D eigenvalue weighted by Crippen LogP contribution is -2.55. The zero-order valence-corrected chi connectivity index (χ0v) is 12.5. The van der Waals surface area contributed by atoms with Crippen molar-refractivity contribution in [3.63, 3.8) is 0 Å². The molecular weight excluding hydrogens is 276 g/mol. The third-order valence-corrected chi connectivity index (χ3v) is 3.84. The highest BCUT2D eigenvalue weighted by Gasteiger charge is 2.31. The second-order valence-corrected chi connectivity index (χ2v) is 5.76. The van der Waals surface area contributed by atoms with Crippen LogP contribution in [0.2, 0.25) is 5.02 Å². The number of halogens is 1. The van der Waals surface area contributed by atoms with E-state index in [1.54, 1.807) is 29.2 Å². The van der Waals surface area contributed by atoms with Crippen LogP contribution in [0.4, 0.5) is 0 Å². The minimum absolute atomic E-state index is 0.00773. The van der Waals surface area contributed by atoms with Crippen molar-refractivity contribution in [3.05, 3.63) is 34.9 Å². The van der Waals surface area contributed by atoms with Gasteiger partial charge in [0.15, 0.2) is 0 Å². The highest BCUT2D eigenvalue weighted by molar-refractivity contribution is 6.33. The van der Waals surface area contributed by atoms with Crippen molar-refractivity contribution in [3.8, 4) is 0 Å². The Labute approximate surface area is 124 Å². The summed E-state index contributed by atoms with van der Waals surface area (Å²) in [4.78, 5) is 26.3. The maximum absolute atomic E-state index is 12.3. The molecule has 2 amide bonds. The number of benzene rings is 1. The first-order chi connectivity index (χ1) is 9.50. The Balaban J connectivity index is 2.10. The molecule has 1 unspecified atom stereocenters. The fraction of sp³-hybridized carbons (Fsp3) is 0.467. The predicted octanol–water partition coefficient (Wildman–Crippen LogP) is 2.33. The van der Waals surface area contributed by atoms with Crippen LogP contribution >= 0.6 is 11.6 Å². The summed E-state index contributed by atoms with van der Waals surface area (Å²) in [6.45, 7) is 5.42. The molecule has 1 atom stereocenters. The summed E-state index contributed by atoms with van der Waals surface area (Å²) in [5.41, 5.74) is 0.399. The van der Waals surface area contributed by atoms with E-state index >= 15 is 0 Å². The maximum atomic E-state index is 12.3. The first-order valence-corrected chi connectivity index (χ1v) is 7.22. The molecule has 108 valence electrons. The molecule has 20 heavy (non-hydrogen) atoms. The summed E-state index contributed by atoms with van der Waals surface area (Å²) in [6.07, 6.45) is 1.04. The van der Waals surface area contributed by atoms with Crippen LogP contribution in [0.25, 0.3) is 0 Å². The fourth-order valence-corrected chi connectivity index (χ4v) is 2.33. The summed E-state index contributed by atoms with van der Waals surface area (Å²) in [5.74, 6) is -0.274. The van der Waals surface area contributed by atoms with Gasteiger partial charge >= 0.3 is 0 Å². The Kier molecular flexibility index (Phi) is 4.65. The number of likely N-dealkylation sites (tertiary alicyclic amines) is 1. The maximum Gasteiger partial charge on any atom is 0.253 e. The highest BCUT2D eigenvalue weighted by atomic mass is 35.5. The molecule has 4 nitrogen and oxygen atoms in total. The van der Waals surface area contributed by atoms with Gasteiger partial charge in [-0.3, -0.25) is 9.59 Å². The molecule has 1 saturated heterocycles. The van der Waals surface area contributed by atoms with E-state index in [1.165, 1.54) is 0 Å². The molecule has 1 aliphatic heterocycles. The van der Waals surface area contributed by atoms with Gasteiger partial charge in [0.25, 0.3) is 5.91 Å². The van der Waals surface area contributed by atoms with Gasteiger partial charge < -0.3 is 10.2 Å². The van der Waals surface area contributed by atoms with Crippen LogP contribution in [0.1, 0.15) is 30.6 Å². The Morgan fingerprint density at radius 3 is 2.40 bits per heavy atom. The van der Waals surface area contributed by atoms with E-state index in [0.717, 1.165) is 19.5 Å².